The molecule has 210 valence electrons. The maximum absolute atomic E-state index is 14.8. The fourth-order valence-electron chi connectivity index (χ4n) is 5.22. The summed E-state index contributed by atoms with van der Waals surface area (Å²) in [5, 5.41) is 21.0. The zero-order valence-electron chi connectivity index (χ0n) is 21.4. The molecular formula is C28H30F4N2O5. The van der Waals surface area contributed by atoms with E-state index >= 15 is 0 Å². The van der Waals surface area contributed by atoms with E-state index in [9.17, 15) is 32.6 Å². The number of hydrogen-bond donors (Lipinski definition) is 2. The third-order valence-corrected chi connectivity index (χ3v) is 7.43. The molecule has 7 nitrogen and oxygen atoms in total. The number of piperidine rings is 1. The number of carbonyl (C=O) groups is 1. The number of methoxy groups -OCH3 is 1. The summed E-state index contributed by atoms with van der Waals surface area (Å²) in [6.45, 7) is 1.61. The van der Waals surface area contributed by atoms with Gasteiger partial charge in [-0.2, -0.15) is 0 Å². The summed E-state index contributed by atoms with van der Waals surface area (Å²) in [6.07, 6.45) is 1.38. The van der Waals surface area contributed by atoms with Gasteiger partial charge >= 0.3 is 5.97 Å². The van der Waals surface area contributed by atoms with Crippen molar-refractivity contribution in [3.8, 4) is 11.5 Å². The van der Waals surface area contributed by atoms with E-state index < -0.39 is 40.8 Å². The molecule has 0 aliphatic carbocycles. The minimum absolute atomic E-state index is 0.0917. The molecule has 11 heteroatoms. The lowest BCUT2D eigenvalue weighted by atomic mass is 9.71. The molecule has 2 heterocycles. The number of carboxylic acid groups (broad SMARTS) is 1. The molecule has 0 unspecified atom stereocenters. The van der Waals surface area contributed by atoms with Gasteiger partial charge in [-0.3, -0.25) is 14.7 Å². The molecule has 1 saturated heterocycles. The fourth-order valence-corrected chi connectivity index (χ4v) is 5.22. The van der Waals surface area contributed by atoms with Crippen molar-refractivity contribution in [2.75, 3.05) is 33.4 Å². The van der Waals surface area contributed by atoms with Gasteiger partial charge < -0.3 is 19.7 Å². The zero-order chi connectivity index (χ0) is 28.2. The van der Waals surface area contributed by atoms with E-state index in [0.717, 1.165) is 18.3 Å². The first kappa shape index (κ1) is 28.6. The first-order valence-electron chi connectivity index (χ1n) is 12.6. The van der Waals surface area contributed by atoms with E-state index in [-0.39, 0.29) is 30.8 Å². The van der Waals surface area contributed by atoms with E-state index in [2.05, 4.69) is 4.98 Å². The minimum atomic E-state index is -1.56. The Morgan fingerprint density at radius 1 is 1.08 bits per heavy atom. The third kappa shape index (κ3) is 6.77. The number of likely N-dealkylation sites (tertiary alicyclic amines) is 1. The molecule has 1 atom stereocenters. The Bertz CT molecular complexity index is 1310. The van der Waals surface area contributed by atoms with E-state index in [1.165, 1.54) is 7.11 Å². The molecule has 0 spiro atoms. The van der Waals surface area contributed by atoms with Crippen molar-refractivity contribution in [2.24, 2.45) is 5.41 Å². The second-order valence-corrected chi connectivity index (χ2v) is 9.92. The summed E-state index contributed by atoms with van der Waals surface area (Å²) in [7, 11) is 1.49. The van der Waals surface area contributed by atoms with Crippen LogP contribution in [0.1, 0.15) is 43.8 Å². The Morgan fingerprint density at radius 2 is 1.77 bits per heavy atom. The highest BCUT2D eigenvalue weighted by molar-refractivity contribution is 5.84. The van der Waals surface area contributed by atoms with E-state index in [1.54, 1.807) is 18.2 Å². The van der Waals surface area contributed by atoms with Crippen LogP contribution in [0.15, 0.2) is 36.5 Å². The van der Waals surface area contributed by atoms with Crippen molar-refractivity contribution in [1.82, 2.24) is 9.88 Å². The summed E-state index contributed by atoms with van der Waals surface area (Å²) >= 11 is 0. The van der Waals surface area contributed by atoms with Crippen LogP contribution in [0.4, 0.5) is 17.6 Å². The Kier molecular flexibility index (Phi) is 8.91. The van der Waals surface area contributed by atoms with Gasteiger partial charge in [0.25, 0.3) is 0 Å². The van der Waals surface area contributed by atoms with Crippen LogP contribution in [0.25, 0.3) is 10.9 Å². The number of nitrogens with zero attached hydrogens (tertiary/aromatic N) is 2. The predicted octanol–water partition coefficient (Wildman–Crippen LogP) is 5.25. The molecule has 1 fully saturated rings. The molecule has 1 aliphatic rings. The zero-order valence-corrected chi connectivity index (χ0v) is 21.4. The molecule has 0 bridgehead atoms. The van der Waals surface area contributed by atoms with Gasteiger partial charge in [0, 0.05) is 29.6 Å². The molecule has 4 rings (SSSR count). The summed E-state index contributed by atoms with van der Waals surface area (Å²) < 4.78 is 65.3. The standard InChI is InChI=1S/C28H30F4N2O5/c1-38-17-2-3-23-19(12-17)26(22(31)16-33-23)24(35)4-5-28(15-25(36)37)6-8-34(9-7-28)10-11-39-18-13-20(29)27(32)21(30)14-18/h2-3,12-14,16,24,35H,4-11,15H2,1H3,(H,36,37)/t24-/m0/s1. The summed E-state index contributed by atoms with van der Waals surface area (Å²) in [6, 6.07) is 6.55. The lowest BCUT2D eigenvalue weighted by molar-refractivity contribution is -0.141. The first-order chi connectivity index (χ1) is 18.6. The molecule has 3 aromatic rings. The average molecular weight is 551 g/mol. The fraction of sp³-hybridized carbons (Fsp3) is 0.429. The number of ether oxygens (including phenoxy) is 2. The highest BCUT2D eigenvalue weighted by Crippen LogP contribution is 2.42. The lowest BCUT2D eigenvalue weighted by Crippen LogP contribution is -2.42. The number of aliphatic carboxylic acids is 1. The normalized spacial score (nSPS) is 16.3. The number of rotatable bonds is 11. The van der Waals surface area contributed by atoms with Gasteiger partial charge in [-0.15, -0.1) is 0 Å². The maximum atomic E-state index is 14.8. The Labute approximate surface area is 223 Å². The number of fused-ring (bicyclic) bond motifs is 1. The van der Waals surface area contributed by atoms with Gasteiger partial charge in [-0.1, -0.05) is 0 Å². The predicted molar refractivity (Wildman–Crippen MR) is 135 cm³/mol. The van der Waals surface area contributed by atoms with Crippen LogP contribution in [-0.2, 0) is 4.79 Å². The Balaban J connectivity index is 1.38. The molecule has 39 heavy (non-hydrogen) atoms. The van der Waals surface area contributed by atoms with E-state index in [0.29, 0.717) is 55.5 Å². The van der Waals surface area contributed by atoms with Crippen LogP contribution in [-0.4, -0.2) is 59.4 Å². The largest absolute Gasteiger partial charge is 0.497 e. The van der Waals surface area contributed by atoms with E-state index in [4.69, 9.17) is 9.47 Å². The van der Waals surface area contributed by atoms with Crippen molar-refractivity contribution < 1.29 is 42.0 Å². The van der Waals surface area contributed by atoms with Gasteiger partial charge in [0.05, 0.1) is 31.3 Å². The molecule has 1 aromatic heterocycles. The second kappa shape index (κ2) is 12.2. The van der Waals surface area contributed by atoms with Crippen LogP contribution in [0.3, 0.4) is 0 Å². The van der Waals surface area contributed by atoms with Crippen LogP contribution >= 0.6 is 0 Å². The smallest absolute Gasteiger partial charge is 0.303 e. The molecule has 1 aliphatic heterocycles. The van der Waals surface area contributed by atoms with Crippen LogP contribution in [0.5, 0.6) is 11.5 Å². The number of hydrogen-bond acceptors (Lipinski definition) is 6. The van der Waals surface area contributed by atoms with Crippen molar-refractivity contribution in [2.45, 2.75) is 38.2 Å². The molecule has 0 amide bonds. The molecule has 2 aromatic carbocycles. The molecular weight excluding hydrogens is 520 g/mol. The van der Waals surface area contributed by atoms with Crippen molar-refractivity contribution in [3.05, 3.63) is 65.4 Å². The minimum Gasteiger partial charge on any atom is -0.497 e. The summed E-state index contributed by atoms with van der Waals surface area (Å²) in [4.78, 5) is 17.8. The molecule has 0 saturated carbocycles. The Hall–Kier alpha value is -3.44. The number of carboxylic acids is 1. The third-order valence-electron chi connectivity index (χ3n) is 7.43. The lowest BCUT2D eigenvalue weighted by Gasteiger charge is -2.41. The second-order valence-electron chi connectivity index (χ2n) is 9.92. The number of benzene rings is 2. The topological polar surface area (TPSA) is 92.1 Å². The van der Waals surface area contributed by atoms with Gasteiger partial charge in [-0.05, 0) is 62.4 Å². The van der Waals surface area contributed by atoms with Crippen molar-refractivity contribution >= 4 is 16.9 Å². The SMILES string of the molecule is COc1ccc2ncc(F)c([C@@H](O)CCC3(CC(=O)O)CCN(CCOc4cc(F)c(F)c(F)c4)CC3)c2c1. The Morgan fingerprint density at radius 3 is 2.41 bits per heavy atom. The highest BCUT2D eigenvalue weighted by Gasteiger charge is 2.37. The van der Waals surface area contributed by atoms with E-state index in [1.807, 2.05) is 4.90 Å². The number of pyridine rings is 1. The summed E-state index contributed by atoms with van der Waals surface area (Å²) in [5.74, 6) is -5.44. The quantitative estimate of drug-likeness (QED) is 0.249. The van der Waals surface area contributed by atoms with Crippen molar-refractivity contribution in [3.63, 3.8) is 0 Å². The van der Waals surface area contributed by atoms with Crippen molar-refractivity contribution in [1.29, 1.82) is 0 Å². The van der Waals surface area contributed by atoms with Crippen LogP contribution in [0.2, 0.25) is 0 Å². The summed E-state index contributed by atoms with van der Waals surface area (Å²) in [5.41, 5.74) is 0.0189. The molecule has 0 radical (unpaired) electrons. The van der Waals surface area contributed by atoms with Crippen LogP contribution < -0.4 is 9.47 Å². The average Bonchev–Trinajstić information content (AvgIpc) is 2.90. The monoisotopic (exact) mass is 550 g/mol. The number of aliphatic hydroxyl groups is 1. The van der Waals surface area contributed by atoms with Gasteiger partial charge in [0.1, 0.15) is 23.9 Å². The maximum Gasteiger partial charge on any atom is 0.303 e. The van der Waals surface area contributed by atoms with Gasteiger partial charge in [-0.25, -0.2) is 17.6 Å². The van der Waals surface area contributed by atoms with Gasteiger partial charge in [0.2, 0.25) is 0 Å². The first-order valence-corrected chi connectivity index (χ1v) is 12.6. The number of aromatic nitrogens is 1. The van der Waals surface area contributed by atoms with Crippen LogP contribution in [0, 0.1) is 28.7 Å². The number of halogens is 4. The number of aliphatic hydroxyl groups excluding tert-OH is 1. The molecule has 2 N–H and O–H groups in total. The highest BCUT2D eigenvalue weighted by atomic mass is 19.2. The van der Waals surface area contributed by atoms with Gasteiger partial charge in [0.15, 0.2) is 17.5 Å².